The average molecular weight is 440 g/mol. The summed E-state index contributed by atoms with van der Waals surface area (Å²) in [5.41, 5.74) is 4.79. The Labute approximate surface area is 193 Å². The smallest absolute Gasteiger partial charge is 0.322 e. The third kappa shape index (κ3) is 5.78. The molecule has 0 radical (unpaired) electrons. The van der Waals surface area contributed by atoms with Crippen LogP contribution >= 0.6 is 0 Å². The van der Waals surface area contributed by atoms with E-state index in [2.05, 4.69) is 25.2 Å². The number of carbonyl (C=O) groups is 1. The van der Waals surface area contributed by atoms with E-state index in [1.54, 1.807) is 36.8 Å². The number of rotatable bonds is 7. The normalized spacial score (nSPS) is 10.8. The predicted octanol–water partition coefficient (Wildman–Crippen LogP) is 4.95. The van der Waals surface area contributed by atoms with E-state index in [4.69, 9.17) is 4.74 Å². The molecule has 4 rings (SSSR count). The number of nitrogens with one attached hydrogen (secondary N) is 1. The third-order valence-electron chi connectivity index (χ3n) is 4.93. The summed E-state index contributed by atoms with van der Waals surface area (Å²) in [6.45, 7) is 2.69. The molecule has 0 saturated heterocycles. The van der Waals surface area contributed by atoms with Crippen LogP contribution in [0, 0.1) is 6.92 Å². The highest BCUT2D eigenvalue weighted by Gasteiger charge is 2.11. The summed E-state index contributed by atoms with van der Waals surface area (Å²) in [6, 6.07) is 18.9. The van der Waals surface area contributed by atoms with Gasteiger partial charge in [-0.25, -0.2) is 4.98 Å². The van der Waals surface area contributed by atoms with Crippen molar-refractivity contribution in [2.75, 3.05) is 19.4 Å². The van der Waals surface area contributed by atoms with Gasteiger partial charge in [0.2, 0.25) is 0 Å². The molecule has 0 spiro atoms. The molecule has 0 aliphatic rings. The SMILES string of the molecule is Cc1ccc(NC(=O)c2cccc(CN(C)C)c2)cc1Oc1nccc(-c2cccnc2)n1. The van der Waals surface area contributed by atoms with Gasteiger partial charge in [0.15, 0.2) is 0 Å². The van der Waals surface area contributed by atoms with Gasteiger partial charge in [-0.05, 0) is 68.5 Å². The molecule has 0 aliphatic heterocycles. The number of aryl methyl sites for hydroxylation is 1. The second-order valence-electron chi connectivity index (χ2n) is 7.94. The highest BCUT2D eigenvalue weighted by molar-refractivity contribution is 6.04. The van der Waals surface area contributed by atoms with Gasteiger partial charge in [0.1, 0.15) is 5.75 Å². The Morgan fingerprint density at radius 3 is 2.70 bits per heavy atom. The molecule has 4 aromatic rings. The molecule has 0 bridgehead atoms. The Morgan fingerprint density at radius 2 is 1.91 bits per heavy atom. The summed E-state index contributed by atoms with van der Waals surface area (Å²) in [6.07, 6.45) is 5.09. The van der Waals surface area contributed by atoms with Crippen molar-refractivity contribution in [3.63, 3.8) is 0 Å². The van der Waals surface area contributed by atoms with Gasteiger partial charge in [-0.1, -0.05) is 18.2 Å². The Hall–Kier alpha value is -4.10. The van der Waals surface area contributed by atoms with Crippen molar-refractivity contribution in [3.05, 3.63) is 95.9 Å². The molecule has 33 heavy (non-hydrogen) atoms. The first kappa shape index (κ1) is 22.1. The predicted molar refractivity (Wildman–Crippen MR) is 128 cm³/mol. The van der Waals surface area contributed by atoms with Crippen LogP contribution in [-0.4, -0.2) is 39.9 Å². The van der Waals surface area contributed by atoms with E-state index in [1.807, 2.05) is 63.5 Å². The zero-order valence-electron chi connectivity index (χ0n) is 18.8. The van der Waals surface area contributed by atoms with E-state index >= 15 is 0 Å². The second-order valence-corrected chi connectivity index (χ2v) is 7.94. The van der Waals surface area contributed by atoms with Crippen LogP contribution in [-0.2, 0) is 6.54 Å². The number of nitrogens with zero attached hydrogens (tertiary/aromatic N) is 4. The van der Waals surface area contributed by atoms with E-state index in [0.717, 1.165) is 23.2 Å². The summed E-state index contributed by atoms with van der Waals surface area (Å²) >= 11 is 0. The third-order valence-corrected chi connectivity index (χ3v) is 4.93. The van der Waals surface area contributed by atoms with E-state index in [0.29, 0.717) is 22.7 Å². The molecule has 166 valence electrons. The molecule has 1 N–H and O–H groups in total. The minimum Gasteiger partial charge on any atom is -0.424 e. The van der Waals surface area contributed by atoms with Crippen LogP contribution in [0.4, 0.5) is 5.69 Å². The molecule has 0 fully saturated rings. The van der Waals surface area contributed by atoms with Gasteiger partial charge in [-0.15, -0.1) is 0 Å². The molecule has 0 saturated carbocycles. The number of ether oxygens (including phenoxy) is 1. The molecule has 0 aliphatic carbocycles. The lowest BCUT2D eigenvalue weighted by Gasteiger charge is -2.12. The summed E-state index contributed by atoms with van der Waals surface area (Å²) in [5, 5.41) is 2.95. The van der Waals surface area contributed by atoms with Gasteiger partial charge >= 0.3 is 6.01 Å². The molecular formula is C26H25N5O2. The van der Waals surface area contributed by atoms with Gasteiger partial charge in [0.05, 0.1) is 5.69 Å². The standard InChI is InChI=1S/C26H25N5O2/c1-18-9-10-22(29-25(32)20-7-4-6-19(14-20)17-31(2)3)15-24(18)33-26-28-13-11-23(30-26)21-8-5-12-27-16-21/h4-16H,17H2,1-3H3,(H,29,32). The van der Waals surface area contributed by atoms with Gasteiger partial charge in [0.25, 0.3) is 5.91 Å². The van der Waals surface area contributed by atoms with Crippen molar-refractivity contribution in [3.8, 4) is 23.0 Å². The minimum absolute atomic E-state index is 0.180. The van der Waals surface area contributed by atoms with Crippen molar-refractivity contribution in [1.29, 1.82) is 0 Å². The first-order valence-electron chi connectivity index (χ1n) is 10.5. The molecule has 2 aromatic carbocycles. The molecule has 1 amide bonds. The molecular weight excluding hydrogens is 414 g/mol. The number of anilines is 1. The Kier molecular flexibility index (Phi) is 6.71. The zero-order valence-corrected chi connectivity index (χ0v) is 18.8. The van der Waals surface area contributed by atoms with E-state index in [1.165, 1.54) is 0 Å². The van der Waals surface area contributed by atoms with Crippen LogP contribution in [0.1, 0.15) is 21.5 Å². The molecule has 7 heteroatoms. The van der Waals surface area contributed by atoms with Crippen molar-refractivity contribution in [1.82, 2.24) is 19.9 Å². The number of amides is 1. The zero-order chi connectivity index (χ0) is 23.2. The fourth-order valence-electron chi connectivity index (χ4n) is 3.33. The van der Waals surface area contributed by atoms with E-state index in [9.17, 15) is 4.79 Å². The maximum atomic E-state index is 12.8. The molecule has 2 aromatic heterocycles. The first-order chi connectivity index (χ1) is 16.0. The maximum absolute atomic E-state index is 12.8. The van der Waals surface area contributed by atoms with Crippen LogP contribution < -0.4 is 10.1 Å². The van der Waals surface area contributed by atoms with Crippen molar-refractivity contribution >= 4 is 11.6 Å². The van der Waals surface area contributed by atoms with Crippen molar-refractivity contribution in [2.45, 2.75) is 13.5 Å². The van der Waals surface area contributed by atoms with E-state index in [-0.39, 0.29) is 11.9 Å². The van der Waals surface area contributed by atoms with Gasteiger partial charge in [-0.2, -0.15) is 4.98 Å². The minimum atomic E-state index is -0.180. The molecule has 0 atom stereocenters. The largest absolute Gasteiger partial charge is 0.424 e. The number of benzene rings is 2. The van der Waals surface area contributed by atoms with Crippen molar-refractivity contribution in [2.24, 2.45) is 0 Å². The number of aromatic nitrogens is 3. The quantitative estimate of drug-likeness (QED) is 0.439. The lowest BCUT2D eigenvalue weighted by atomic mass is 10.1. The topological polar surface area (TPSA) is 80.2 Å². The summed E-state index contributed by atoms with van der Waals surface area (Å²) in [7, 11) is 3.99. The van der Waals surface area contributed by atoms with Gasteiger partial charge in [0, 0.05) is 48.0 Å². The summed E-state index contributed by atoms with van der Waals surface area (Å²) in [4.78, 5) is 27.7. The lowest BCUT2D eigenvalue weighted by Crippen LogP contribution is -2.14. The van der Waals surface area contributed by atoms with Crippen LogP contribution in [0.5, 0.6) is 11.8 Å². The second kappa shape index (κ2) is 10.0. The Bertz CT molecular complexity index is 1260. The number of pyridine rings is 1. The Morgan fingerprint density at radius 1 is 1.03 bits per heavy atom. The Balaban J connectivity index is 1.51. The van der Waals surface area contributed by atoms with Gasteiger partial charge in [-0.3, -0.25) is 9.78 Å². The summed E-state index contributed by atoms with van der Waals surface area (Å²) in [5.74, 6) is 0.387. The first-order valence-corrected chi connectivity index (χ1v) is 10.5. The summed E-state index contributed by atoms with van der Waals surface area (Å²) < 4.78 is 5.96. The molecule has 2 heterocycles. The maximum Gasteiger partial charge on any atom is 0.322 e. The highest BCUT2D eigenvalue weighted by Crippen LogP contribution is 2.27. The fraction of sp³-hybridized carbons (Fsp3) is 0.154. The van der Waals surface area contributed by atoms with E-state index < -0.39 is 0 Å². The lowest BCUT2D eigenvalue weighted by molar-refractivity contribution is 0.102. The fourth-order valence-corrected chi connectivity index (χ4v) is 3.33. The van der Waals surface area contributed by atoms with Crippen LogP contribution in [0.2, 0.25) is 0 Å². The van der Waals surface area contributed by atoms with Crippen LogP contribution in [0.3, 0.4) is 0 Å². The monoisotopic (exact) mass is 439 g/mol. The molecule has 0 unspecified atom stereocenters. The highest BCUT2D eigenvalue weighted by atomic mass is 16.5. The van der Waals surface area contributed by atoms with Crippen molar-refractivity contribution < 1.29 is 9.53 Å². The number of carbonyl (C=O) groups excluding carboxylic acids is 1. The van der Waals surface area contributed by atoms with Gasteiger partial charge < -0.3 is 15.0 Å². The number of hydrogen-bond donors (Lipinski definition) is 1. The average Bonchev–Trinajstić information content (AvgIpc) is 2.82. The van der Waals surface area contributed by atoms with Crippen LogP contribution in [0.15, 0.2) is 79.3 Å². The molecule has 7 nitrogen and oxygen atoms in total. The number of hydrogen-bond acceptors (Lipinski definition) is 6. The van der Waals surface area contributed by atoms with Crippen LogP contribution in [0.25, 0.3) is 11.3 Å².